The molecule has 5 unspecified atom stereocenters. The van der Waals surface area contributed by atoms with E-state index in [2.05, 4.69) is 31.0 Å². The van der Waals surface area contributed by atoms with E-state index in [4.69, 9.17) is 18.8 Å². The van der Waals surface area contributed by atoms with Gasteiger partial charge in [0.25, 0.3) is 5.91 Å². The Morgan fingerprint density at radius 1 is 1.12 bits per heavy atom. The molecule has 5 atom stereocenters. The normalized spacial score (nSPS) is 26.4. The van der Waals surface area contributed by atoms with Crippen molar-refractivity contribution < 1.29 is 28.4 Å². The highest BCUT2D eigenvalue weighted by atomic mass is 16.7. The quantitative estimate of drug-likeness (QED) is 0.313. The molecule has 8 nitrogen and oxygen atoms in total. The summed E-state index contributed by atoms with van der Waals surface area (Å²) >= 11 is 0. The van der Waals surface area contributed by atoms with Crippen LogP contribution in [-0.4, -0.2) is 68.3 Å². The lowest BCUT2D eigenvalue weighted by atomic mass is 9.43. The predicted molar refractivity (Wildman–Crippen MR) is 167 cm³/mol. The summed E-state index contributed by atoms with van der Waals surface area (Å²) in [4.78, 5) is 28.9. The van der Waals surface area contributed by atoms with E-state index in [-0.39, 0.29) is 17.4 Å². The number of para-hydroxylation sites is 1. The molecule has 0 radical (unpaired) electrons. The van der Waals surface area contributed by atoms with E-state index < -0.39 is 30.2 Å². The largest absolute Gasteiger partial charge is 0.496 e. The minimum atomic E-state index is -0.658. The van der Waals surface area contributed by atoms with Gasteiger partial charge in [-0.25, -0.2) is 4.79 Å². The highest BCUT2D eigenvalue weighted by Gasteiger charge is 2.68. The number of methoxy groups -OCH3 is 1. The van der Waals surface area contributed by atoms with Gasteiger partial charge in [0.1, 0.15) is 16.9 Å². The van der Waals surface area contributed by atoms with Crippen molar-refractivity contribution >= 4 is 19.0 Å². The summed E-state index contributed by atoms with van der Waals surface area (Å²) in [6, 6.07) is 13.1. The molecule has 232 valence electrons. The lowest BCUT2D eigenvalue weighted by Crippen LogP contribution is -2.65. The van der Waals surface area contributed by atoms with Gasteiger partial charge in [0.05, 0.1) is 24.8 Å². The van der Waals surface area contributed by atoms with Gasteiger partial charge in [-0.05, 0) is 108 Å². The van der Waals surface area contributed by atoms with Crippen molar-refractivity contribution in [2.24, 2.45) is 17.3 Å². The first-order valence-corrected chi connectivity index (χ1v) is 15.4. The fourth-order valence-electron chi connectivity index (χ4n) is 7.43. The summed E-state index contributed by atoms with van der Waals surface area (Å²) < 4.78 is 24.9. The second-order valence-electron chi connectivity index (χ2n) is 14.6. The number of ether oxygens (including phenoxy) is 2. The molecule has 1 heterocycles. The number of esters is 1. The molecule has 3 aliphatic carbocycles. The zero-order valence-electron chi connectivity index (χ0n) is 27.2. The van der Waals surface area contributed by atoms with Gasteiger partial charge in [0, 0.05) is 12.1 Å². The maximum absolute atomic E-state index is 13.8. The van der Waals surface area contributed by atoms with Gasteiger partial charge in [0.2, 0.25) is 0 Å². The zero-order valence-corrected chi connectivity index (χ0v) is 27.2. The Kier molecular flexibility index (Phi) is 8.48. The number of hydrogen-bond donors (Lipinski definition) is 1. The van der Waals surface area contributed by atoms with Crippen LogP contribution < -0.4 is 10.1 Å². The van der Waals surface area contributed by atoms with Crippen molar-refractivity contribution in [1.29, 1.82) is 0 Å². The second-order valence-corrected chi connectivity index (χ2v) is 14.6. The Hall–Kier alpha value is -2.88. The Labute approximate surface area is 256 Å². The van der Waals surface area contributed by atoms with Crippen molar-refractivity contribution in [3.05, 3.63) is 64.7 Å². The molecule has 1 saturated heterocycles. The lowest BCUT2D eigenvalue weighted by Gasteiger charge is -2.64. The van der Waals surface area contributed by atoms with Gasteiger partial charge >= 0.3 is 13.1 Å². The summed E-state index contributed by atoms with van der Waals surface area (Å²) in [5.41, 5.74) is 1.84. The molecule has 2 bridgehead atoms. The van der Waals surface area contributed by atoms with Crippen LogP contribution in [0.25, 0.3) is 0 Å². The van der Waals surface area contributed by atoms with Gasteiger partial charge in [-0.2, -0.15) is 0 Å². The lowest BCUT2D eigenvalue weighted by molar-refractivity contribution is -0.199. The first-order valence-electron chi connectivity index (χ1n) is 15.4. The van der Waals surface area contributed by atoms with E-state index >= 15 is 0 Å². The number of amides is 1. The Morgan fingerprint density at radius 3 is 2.49 bits per heavy atom. The Bertz CT molecular complexity index is 1370. The number of carbonyl (C=O) groups excluding carboxylic acids is 2. The van der Waals surface area contributed by atoms with E-state index in [1.165, 1.54) is 0 Å². The van der Waals surface area contributed by atoms with Crippen LogP contribution in [0.5, 0.6) is 5.75 Å². The molecular formula is C34H47BN2O6. The molecule has 4 aliphatic rings. The molecule has 0 spiro atoms. The molecule has 9 heteroatoms. The monoisotopic (exact) mass is 590 g/mol. The molecule has 43 heavy (non-hydrogen) atoms. The van der Waals surface area contributed by atoms with Crippen LogP contribution in [-0.2, 0) is 27.0 Å². The topological polar surface area (TPSA) is 86.3 Å². The van der Waals surface area contributed by atoms with Crippen molar-refractivity contribution in [2.45, 2.75) is 90.6 Å². The second kappa shape index (κ2) is 11.6. The van der Waals surface area contributed by atoms with Crippen molar-refractivity contribution in [1.82, 2.24) is 10.2 Å². The average Bonchev–Trinajstić information content (AvgIpc) is 3.28. The molecule has 6 rings (SSSR count). The molecule has 1 N–H and O–H groups in total. The summed E-state index contributed by atoms with van der Waals surface area (Å²) in [6.45, 7) is 13.1. The number of nitrogens with one attached hydrogen (secondary N) is 1. The smallest absolute Gasteiger partial charge is 0.482 e. The van der Waals surface area contributed by atoms with Crippen LogP contribution in [0.15, 0.2) is 42.5 Å². The Morgan fingerprint density at radius 2 is 1.84 bits per heavy atom. The third-order valence-corrected chi connectivity index (χ3v) is 9.66. The van der Waals surface area contributed by atoms with E-state index in [0.717, 1.165) is 30.5 Å². The minimum absolute atomic E-state index is 0.0351. The molecule has 1 aliphatic heterocycles. The summed E-state index contributed by atoms with van der Waals surface area (Å²) in [7, 11) is 4.89. The van der Waals surface area contributed by atoms with Gasteiger partial charge in [-0.3, -0.25) is 4.79 Å². The van der Waals surface area contributed by atoms with Gasteiger partial charge in [0.15, 0.2) is 0 Å². The minimum Gasteiger partial charge on any atom is -0.496 e. The average molecular weight is 591 g/mol. The van der Waals surface area contributed by atoms with Gasteiger partial charge < -0.3 is 29.0 Å². The van der Waals surface area contributed by atoms with Crippen LogP contribution in [0.1, 0.15) is 86.2 Å². The highest BCUT2D eigenvalue weighted by Crippen LogP contribution is 2.65. The fourth-order valence-corrected chi connectivity index (χ4v) is 7.43. The van der Waals surface area contributed by atoms with E-state index in [1.54, 1.807) is 13.2 Å². The summed E-state index contributed by atoms with van der Waals surface area (Å²) in [6.07, 6.45) is 2.39. The maximum atomic E-state index is 13.8. The summed E-state index contributed by atoms with van der Waals surface area (Å²) in [5.74, 6) is 0.224. The first-order chi connectivity index (χ1) is 20.1. The van der Waals surface area contributed by atoms with Crippen LogP contribution >= 0.6 is 0 Å². The number of rotatable bonds is 9. The molecule has 1 amide bonds. The third-order valence-electron chi connectivity index (χ3n) is 9.66. The first kappa shape index (κ1) is 31.5. The third kappa shape index (κ3) is 6.22. The molecule has 2 aromatic carbocycles. The molecular weight excluding hydrogens is 543 g/mol. The summed E-state index contributed by atoms with van der Waals surface area (Å²) in [5, 5.41) is 3.24. The Balaban J connectivity index is 1.45. The van der Waals surface area contributed by atoms with E-state index in [0.29, 0.717) is 35.1 Å². The van der Waals surface area contributed by atoms with Crippen LogP contribution in [0, 0.1) is 17.3 Å². The molecule has 0 aromatic heterocycles. The standard InChI is InChI=1S/C34H47BN2O6/c1-32(2,3)41-31(39)25-15-11-13-22(29(25)40-9)17-28(36-30(38)23-14-10-12-21(16-23)20-37(7)8)35-42-27-19-24-18-26(33(24,4)5)34(27,6)43-35/h10-16,24,26-28H,17-20H2,1-9H3,(H,36,38). The van der Waals surface area contributed by atoms with Crippen LogP contribution in [0.3, 0.4) is 0 Å². The van der Waals surface area contributed by atoms with Crippen LogP contribution in [0.2, 0.25) is 0 Å². The number of benzene rings is 2. The molecule has 4 fully saturated rings. The van der Waals surface area contributed by atoms with Crippen molar-refractivity contribution in [3.8, 4) is 5.75 Å². The van der Waals surface area contributed by atoms with Crippen molar-refractivity contribution in [2.75, 3.05) is 21.2 Å². The maximum Gasteiger partial charge on any atom is 0.482 e. The van der Waals surface area contributed by atoms with Gasteiger partial charge in [-0.1, -0.05) is 38.1 Å². The molecule has 2 aromatic rings. The van der Waals surface area contributed by atoms with E-state index in [1.807, 2.05) is 71.3 Å². The van der Waals surface area contributed by atoms with Crippen molar-refractivity contribution in [3.63, 3.8) is 0 Å². The SMILES string of the molecule is COc1c(CC(NC(=O)c2cccc(CN(C)C)c2)B2OC3CC4CC(C4(C)C)C3(C)O2)cccc1C(=O)OC(C)(C)C. The molecule has 3 saturated carbocycles. The fraction of sp³-hybridized carbons (Fsp3) is 0.588. The van der Waals surface area contributed by atoms with E-state index in [9.17, 15) is 9.59 Å². The van der Waals surface area contributed by atoms with Crippen LogP contribution in [0.4, 0.5) is 0 Å². The zero-order chi connectivity index (χ0) is 31.3. The number of nitrogens with zero attached hydrogens (tertiary/aromatic N) is 1. The van der Waals surface area contributed by atoms with Gasteiger partial charge in [-0.15, -0.1) is 0 Å². The highest BCUT2D eigenvalue weighted by molar-refractivity contribution is 6.48. The number of hydrogen-bond acceptors (Lipinski definition) is 7. The number of carbonyl (C=O) groups is 2. The predicted octanol–water partition coefficient (Wildman–Crippen LogP) is 5.32.